The molecule has 0 aromatic carbocycles. The van der Waals surface area contributed by atoms with Gasteiger partial charge in [0.25, 0.3) is 0 Å². The number of hydrogen-bond acceptors (Lipinski definition) is 3. The van der Waals surface area contributed by atoms with Gasteiger partial charge < -0.3 is 9.84 Å². The van der Waals surface area contributed by atoms with Crippen LogP contribution in [0.4, 0.5) is 0 Å². The first kappa shape index (κ1) is 14.0. The van der Waals surface area contributed by atoms with Crippen LogP contribution in [0.1, 0.15) is 62.6 Å². The number of aromatic nitrogens is 1. The first-order valence-corrected chi connectivity index (χ1v) is 8.00. The molecule has 1 aliphatic carbocycles. The molecule has 110 valence electrons. The van der Waals surface area contributed by atoms with Gasteiger partial charge in [-0.1, -0.05) is 19.4 Å². The third kappa shape index (κ3) is 2.61. The van der Waals surface area contributed by atoms with Gasteiger partial charge in [0.2, 0.25) is 0 Å². The summed E-state index contributed by atoms with van der Waals surface area (Å²) in [5, 5.41) is 11.2. The van der Waals surface area contributed by atoms with Crippen molar-refractivity contribution in [3.63, 3.8) is 0 Å². The van der Waals surface area contributed by atoms with Crippen LogP contribution in [0.25, 0.3) is 0 Å². The zero-order valence-corrected chi connectivity index (χ0v) is 12.3. The molecular formula is C17H25NO2. The van der Waals surface area contributed by atoms with Crippen molar-refractivity contribution in [2.75, 3.05) is 6.61 Å². The van der Waals surface area contributed by atoms with Gasteiger partial charge in [-0.15, -0.1) is 0 Å². The average Bonchev–Trinajstić information content (AvgIpc) is 2.47. The first-order chi connectivity index (χ1) is 9.73. The van der Waals surface area contributed by atoms with Crippen LogP contribution >= 0.6 is 0 Å². The van der Waals surface area contributed by atoms with E-state index >= 15 is 0 Å². The molecular weight excluding hydrogens is 250 g/mol. The molecule has 0 radical (unpaired) electrons. The average molecular weight is 275 g/mol. The van der Waals surface area contributed by atoms with Crippen LogP contribution in [0.5, 0.6) is 0 Å². The Bertz CT molecular complexity index is 460. The zero-order valence-electron chi connectivity index (χ0n) is 12.3. The van der Waals surface area contributed by atoms with Crippen molar-refractivity contribution in [3.05, 3.63) is 29.6 Å². The maximum atomic E-state index is 11.2. The predicted molar refractivity (Wildman–Crippen MR) is 78.7 cm³/mol. The second kappa shape index (κ2) is 5.82. The van der Waals surface area contributed by atoms with Gasteiger partial charge in [-0.05, 0) is 37.3 Å². The Morgan fingerprint density at radius 1 is 1.50 bits per heavy atom. The molecule has 1 aliphatic heterocycles. The lowest BCUT2D eigenvalue weighted by Gasteiger charge is -2.44. The van der Waals surface area contributed by atoms with Gasteiger partial charge in [0.15, 0.2) is 0 Å². The third-order valence-electron chi connectivity index (χ3n) is 4.92. The van der Waals surface area contributed by atoms with Gasteiger partial charge in [-0.3, -0.25) is 4.98 Å². The van der Waals surface area contributed by atoms with Crippen LogP contribution in [-0.4, -0.2) is 28.4 Å². The molecule has 1 fully saturated rings. The lowest BCUT2D eigenvalue weighted by molar-refractivity contribution is -0.120. The van der Waals surface area contributed by atoms with Crippen molar-refractivity contribution in [1.82, 2.24) is 4.98 Å². The summed E-state index contributed by atoms with van der Waals surface area (Å²) in [5.41, 5.74) is 1.84. The van der Waals surface area contributed by atoms with Crippen molar-refractivity contribution < 1.29 is 9.84 Å². The van der Waals surface area contributed by atoms with Gasteiger partial charge >= 0.3 is 0 Å². The number of nitrogens with zero attached hydrogens (tertiary/aromatic N) is 1. The number of rotatable bonds is 3. The quantitative estimate of drug-likeness (QED) is 0.921. The van der Waals surface area contributed by atoms with E-state index in [1.807, 2.05) is 12.3 Å². The highest BCUT2D eigenvalue weighted by Gasteiger charge is 2.44. The first-order valence-electron chi connectivity index (χ1n) is 8.00. The summed E-state index contributed by atoms with van der Waals surface area (Å²) >= 11 is 0. The predicted octanol–water partition coefficient (Wildman–Crippen LogP) is 3.21. The Kier molecular flexibility index (Phi) is 4.08. The highest BCUT2D eigenvalue weighted by molar-refractivity contribution is 5.29. The maximum absolute atomic E-state index is 11.2. The lowest BCUT2D eigenvalue weighted by Crippen LogP contribution is -2.46. The molecule has 2 heterocycles. The van der Waals surface area contributed by atoms with E-state index in [-0.39, 0.29) is 12.0 Å². The van der Waals surface area contributed by atoms with Crippen molar-refractivity contribution in [3.8, 4) is 0 Å². The Morgan fingerprint density at radius 3 is 3.25 bits per heavy atom. The summed E-state index contributed by atoms with van der Waals surface area (Å²) in [5.74, 6) is 0.190. The SMILES string of the molecule is CCCC1CC(O)(C2CCCc3cccnc32)CCO1. The van der Waals surface area contributed by atoms with Crippen LogP contribution in [0.2, 0.25) is 0 Å². The van der Waals surface area contributed by atoms with E-state index in [1.165, 1.54) is 5.56 Å². The van der Waals surface area contributed by atoms with Gasteiger partial charge in [0, 0.05) is 37.3 Å². The Labute approximate surface area is 121 Å². The summed E-state index contributed by atoms with van der Waals surface area (Å²) in [6.45, 7) is 2.86. The van der Waals surface area contributed by atoms with E-state index in [0.29, 0.717) is 6.61 Å². The number of hydrogen-bond donors (Lipinski definition) is 1. The summed E-state index contributed by atoms with van der Waals surface area (Å²) < 4.78 is 5.81. The smallest absolute Gasteiger partial charge is 0.0777 e. The fourth-order valence-electron chi connectivity index (χ4n) is 3.91. The molecule has 1 N–H and O–H groups in total. The minimum Gasteiger partial charge on any atom is -0.389 e. The number of fused-ring (bicyclic) bond motifs is 1. The van der Waals surface area contributed by atoms with Gasteiger partial charge in [-0.25, -0.2) is 0 Å². The fourth-order valence-corrected chi connectivity index (χ4v) is 3.91. The fraction of sp³-hybridized carbons (Fsp3) is 0.706. The molecule has 0 amide bonds. The number of aliphatic hydroxyl groups is 1. The highest BCUT2D eigenvalue weighted by Crippen LogP contribution is 2.44. The van der Waals surface area contributed by atoms with Crippen LogP contribution < -0.4 is 0 Å². The molecule has 1 saturated heterocycles. The standard InChI is InChI=1S/C17H25NO2/c1-2-5-14-12-17(19,9-11-20-14)15-8-3-6-13-7-4-10-18-16(13)15/h4,7,10,14-15,19H,2-3,5-6,8-9,11-12H2,1H3. The molecule has 3 unspecified atom stereocenters. The second-order valence-corrected chi connectivity index (χ2v) is 6.33. The monoisotopic (exact) mass is 275 g/mol. The minimum atomic E-state index is -0.623. The largest absolute Gasteiger partial charge is 0.389 e. The second-order valence-electron chi connectivity index (χ2n) is 6.33. The molecule has 0 bridgehead atoms. The zero-order chi connectivity index (χ0) is 14.0. The summed E-state index contributed by atoms with van der Waals surface area (Å²) in [6.07, 6.45) is 9.06. The molecule has 20 heavy (non-hydrogen) atoms. The molecule has 1 aromatic heterocycles. The summed E-state index contributed by atoms with van der Waals surface area (Å²) in [7, 11) is 0. The van der Waals surface area contributed by atoms with E-state index < -0.39 is 5.60 Å². The number of ether oxygens (including phenoxy) is 1. The molecule has 3 heteroatoms. The Morgan fingerprint density at radius 2 is 2.40 bits per heavy atom. The van der Waals surface area contributed by atoms with E-state index in [9.17, 15) is 5.11 Å². The number of aryl methyl sites for hydroxylation is 1. The van der Waals surface area contributed by atoms with Crippen LogP contribution in [0.15, 0.2) is 18.3 Å². The van der Waals surface area contributed by atoms with Crippen LogP contribution in [0, 0.1) is 0 Å². The highest BCUT2D eigenvalue weighted by atomic mass is 16.5. The third-order valence-corrected chi connectivity index (χ3v) is 4.92. The van der Waals surface area contributed by atoms with Crippen molar-refractivity contribution in [2.24, 2.45) is 0 Å². The topological polar surface area (TPSA) is 42.4 Å². The van der Waals surface area contributed by atoms with E-state index in [4.69, 9.17) is 4.74 Å². The van der Waals surface area contributed by atoms with E-state index in [0.717, 1.165) is 50.6 Å². The molecule has 3 nitrogen and oxygen atoms in total. The molecule has 2 aliphatic rings. The summed E-state index contributed by atoms with van der Waals surface area (Å²) in [4.78, 5) is 4.59. The van der Waals surface area contributed by atoms with E-state index in [1.54, 1.807) is 0 Å². The Hall–Kier alpha value is -0.930. The van der Waals surface area contributed by atoms with Crippen LogP contribution in [0.3, 0.4) is 0 Å². The molecule has 0 saturated carbocycles. The van der Waals surface area contributed by atoms with Crippen LogP contribution in [-0.2, 0) is 11.2 Å². The van der Waals surface area contributed by atoms with Crippen molar-refractivity contribution in [1.29, 1.82) is 0 Å². The molecule has 1 aromatic rings. The summed E-state index contributed by atoms with van der Waals surface area (Å²) in [6, 6.07) is 4.18. The van der Waals surface area contributed by atoms with Crippen molar-refractivity contribution >= 4 is 0 Å². The van der Waals surface area contributed by atoms with Gasteiger partial charge in [0.1, 0.15) is 0 Å². The minimum absolute atomic E-state index is 0.190. The number of pyridine rings is 1. The van der Waals surface area contributed by atoms with Gasteiger partial charge in [-0.2, -0.15) is 0 Å². The van der Waals surface area contributed by atoms with Crippen molar-refractivity contribution in [2.45, 2.75) is 69.5 Å². The normalized spacial score (nSPS) is 33.7. The Balaban J connectivity index is 1.84. The van der Waals surface area contributed by atoms with Gasteiger partial charge in [0.05, 0.1) is 11.7 Å². The molecule has 3 rings (SSSR count). The molecule has 3 atom stereocenters. The lowest BCUT2D eigenvalue weighted by atomic mass is 9.71. The maximum Gasteiger partial charge on any atom is 0.0777 e. The van der Waals surface area contributed by atoms with E-state index in [2.05, 4.69) is 18.0 Å². The molecule has 0 spiro atoms.